The van der Waals surface area contributed by atoms with E-state index in [9.17, 15) is 22.8 Å². The Morgan fingerprint density at radius 3 is 2.48 bits per heavy atom. The van der Waals surface area contributed by atoms with E-state index in [1.165, 1.54) is 18.3 Å². The Morgan fingerprint density at radius 1 is 0.935 bits per heavy atom. The topological polar surface area (TPSA) is 61.3 Å². The summed E-state index contributed by atoms with van der Waals surface area (Å²) in [6, 6.07) is 19.4. The number of hydrogen-bond acceptors (Lipinski definition) is 5. The summed E-state index contributed by atoms with van der Waals surface area (Å²) in [5.74, 6) is -0.836. The quantitative estimate of drug-likeness (QED) is 0.272. The van der Waals surface area contributed by atoms with E-state index in [-0.39, 0.29) is 11.6 Å². The number of fused-ring (bicyclic) bond motifs is 1. The van der Waals surface area contributed by atoms with Gasteiger partial charge in [-0.05, 0) is 29.0 Å². The molecule has 1 aromatic heterocycles. The van der Waals surface area contributed by atoms with Crippen LogP contribution in [0.2, 0.25) is 0 Å². The average molecular weight is 428 g/mol. The first-order valence-corrected chi connectivity index (χ1v) is 9.08. The van der Waals surface area contributed by atoms with Crippen molar-refractivity contribution in [3.8, 4) is 17.0 Å². The molecule has 0 fully saturated rings. The molecule has 3 aromatic carbocycles. The van der Waals surface area contributed by atoms with Crippen LogP contribution in [0.15, 0.2) is 79.0 Å². The normalized spacial score (nSPS) is 11.7. The average Bonchev–Trinajstić information content (AvgIpc) is 2.78. The van der Waals surface area contributed by atoms with Crippen molar-refractivity contribution in [2.45, 2.75) is 12.5 Å². The van der Waals surface area contributed by atoms with Gasteiger partial charge in [0, 0.05) is 23.5 Å². The Morgan fingerprint density at radius 2 is 1.68 bits per heavy atom. The lowest BCUT2D eigenvalue weighted by molar-refractivity contribution is -0.253. The molecule has 158 valence electrons. The molecule has 1 heterocycles. The summed E-state index contributed by atoms with van der Waals surface area (Å²) in [5.41, 5.74) is 1.11. The predicted octanol–water partition coefficient (Wildman–Crippen LogP) is 6.17. The second kappa shape index (κ2) is 8.19. The first-order chi connectivity index (χ1) is 14.8. The number of nitrogens with zero attached hydrogens (tertiary/aromatic N) is 3. The van der Waals surface area contributed by atoms with E-state index in [2.05, 4.69) is 14.7 Å². The third kappa shape index (κ3) is 4.26. The smallest absolute Gasteiger partial charge is 0.461 e. The lowest BCUT2D eigenvalue weighted by atomic mass is 10.0. The van der Waals surface area contributed by atoms with E-state index in [0.29, 0.717) is 10.8 Å². The van der Waals surface area contributed by atoms with Crippen LogP contribution >= 0.6 is 0 Å². The molecule has 0 aliphatic heterocycles. The second-order valence-electron chi connectivity index (χ2n) is 6.52. The van der Waals surface area contributed by atoms with Crippen molar-refractivity contribution in [3.05, 3.63) is 84.2 Å². The molecule has 9 heteroatoms. The first kappa shape index (κ1) is 20.5. The Hall–Kier alpha value is -3.72. The largest absolute Gasteiger partial charge is 0.752 e. The van der Waals surface area contributed by atoms with Crippen LogP contribution in [-0.4, -0.2) is 22.5 Å². The third-order valence-corrected chi connectivity index (χ3v) is 4.45. The maximum atomic E-state index is 13.2. The Balaban J connectivity index is 1.66. The molecule has 0 atom stereocenters. The van der Waals surface area contributed by atoms with Crippen LogP contribution < -0.4 is 9.80 Å². The fourth-order valence-electron chi connectivity index (χ4n) is 3.04. The van der Waals surface area contributed by atoms with Gasteiger partial charge in [-0.1, -0.05) is 48.5 Å². The van der Waals surface area contributed by atoms with Crippen molar-refractivity contribution in [2.75, 3.05) is 5.06 Å². The molecule has 0 aliphatic carbocycles. The van der Waals surface area contributed by atoms with Crippen molar-refractivity contribution in [2.24, 2.45) is 0 Å². The SMILES string of the molecule is [O-]N(c1cccc(OC(F)(F)C(F)F)c1)c1nccc(-c2cccc3ccccc23)n1. The number of rotatable bonds is 6. The van der Waals surface area contributed by atoms with E-state index in [0.717, 1.165) is 28.5 Å². The van der Waals surface area contributed by atoms with Gasteiger partial charge < -0.3 is 15.0 Å². The first-order valence-electron chi connectivity index (χ1n) is 9.08. The van der Waals surface area contributed by atoms with Crippen LogP contribution in [0.1, 0.15) is 0 Å². The molecular weight excluding hydrogens is 414 g/mol. The van der Waals surface area contributed by atoms with Crippen LogP contribution in [0.25, 0.3) is 22.0 Å². The predicted molar refractivity (Wildman–Crippen MR) is 109 cm³/mol. The molecule has 0 N–H and O–H groups in total. The number of ether oxygens (including phenoxy) is 1. The molecule has 0 saturated carbocycles. The van der Waals surface area contributed by atoms with Gasteiger partial charge >= 0.3 is 12.5 Å². The maximum absolute atomic E-state index is 13.2. The standard InChI is InChI=1S/C22H14F4N3O2/c23-20(24)22(25,26)31-16-8-4-7-15(13-16)29(30)21-27-12-11-19(28-21)18-10-3-6-14-5-1-2-9-17(14)18/h1-13,20H/q-1. The molecule has 0 saturated heterocycles. The Bertz CT molecular complexity index is 1210. The van der Waals surface area contributed by atoms with Gasteiger partial charge in [0.05, 0.1) is 5.69 Å². The summed E-state index contributed by atoms with van der Waals surface area (Å²) in [5, 5.41) is 15.0. The lowest BCUT2D eigenvalue weighted by Gasteiger charge is -2.29. The third-order valence-electron chi connectivity index (χ3n) is 4.45. The second-order valence-corrected chi connectivity index (χ2v) is 6.52. The molecule has 0 bridgehead atoms. The summed E-state index contributed by atoms with van der Waals surface area (Å²) in [6.07, 6.45) is -7.30. The van der Waals surface area contributed by atoms with Gasteiger partial charge in [0.25, 0.3) is 0 Å². The highest BCUT2D eigenvalue weighted by Gasteiger charge is 2.44. The van der Waals surface area contributed by atoms with Gasteiger partial charge in [0.1, 0.15) is 5.75 Å². The van der Waals surface area contributed by atoms with Gasteiger partial charge in [-0.15, -0.1) is 0 Å². The molecule has 0 amide bonds. The minimum atomic E-state index is -4.68. The molecule has 0 spiro atoms. The van der Waals surface area contributed by atoms with Crippen molar-refractivity contribution >= 4 is 22.4 Å². The summed E-state index contributed by atoms with van der Waals surface area (Å²) in [4.78, 5) is 8.24. The number of aromatic nitrogens is 2. The minimum Gasteiger partial charge on any atom is -0.752 e. The van der Waals surface area contributed by atoms with Gasteiger partial charge in [-0.3, -0.25) is 0 Å². The highest BCUT2D eigenvalue weighted by atomic mass is 19.3. The molecule has 0 aliphatic rings. The van der Waals surface area contributed by atoms with Crippen molar-refractivity contribution < 1.29 is 22.3 Å². The number of halogens is 4. The van der Waals surface area contributed by atoms with Crippen molar-refractivity contribution in [3.63, 3.8) is 0 Å². The van der Waals surface area contributed by atoms with E-state index in [4.69, 9.17) is 0 Å². The number of hydrogen-bond donors (Lipinski definition) is 0. The van der Waals surface area contributed by atoms with E-state index in [1.807, 2.05) is 42.5 Å². The fourth-order valence-corrected chi connectivity index (χ4v) is 3.04. The molecule has 4 rings (SSSR count). The fraction of sp³-hybridized carbons (Fsp3) is 0.0909. The highest BCUT2D eigenvalue weighted by Crippen LogP contribution is 2.32. The van der Waals surface area contributed by atoms with E-state index < -0.39 is 18.3 Å². The van der Waals surface area contributed by atoms with E-state index >= 15 is 0 Å². The zero-order valence-corrected chi connectivity index (χ0v) is 15.8. The zero-order valence-electron chi connectivity index (χ0n) is 15.8. The monoisotopic (exact) mass is 428 g/mol. The highest BCUT2D eigenvalue weighted by molar-refractivity contribution is 5.95. The van der Waals surface area contributed by atoms with Gasteiger partial charge in [-0.25, -0.2) is 9.97 Å². The van der Waals surface area contributed by atoms with E-state index in [1.54, 1.807) is 6.07 Å². The van der Waals surface area contributed by atoms with Crippen LogP contribution in [-0.2, 0) is 0 Å². The van der Waals surface area contributed by atoms with Crippen LogP contribution in [0, 0.1) is 5.21 Å². The van der Waals surface area contributed by atoms with Crippen molar-refractivity contribution in [1.82, 2.24) is 9.97 Å². The summed E-state index contributed by atoms with van der Waals surface area (Å²) < 4.78 is 55.1. The Labute approximate surface area is 174 Å². The summed E-state index contributed by atoms with van der Waals surface area (Å²) in [6.45, 7) is 0. The van der Waals surface area contributed by atoms with Crippen molar-refractivity contribution in [1.29, 1.82) is 0 Å². The number of alkyl halides is 4. The van der Waals surface area contributed by atoms with Gasteiger partial charge in [-0.2, -0.15) is 17.6 Å². The molecule has 31 heavy (non-hydrogen) atoms. The number of anilines is 2. The van der Waals surface area contributed by atoms with Crippen LogP contribution in [0.4, 0.5) is 29.2 Å². The van der Waals surface area contributed by atoms with Crippen LogP contribution in [0.5, 0.6) is 5.75 Å². The van der Waals surface area contributed by atoms with Gasteiger partial charge in [0.15, 0.2) is 0 Å². The van der Waals surface area contributed by atoms with Gasteiger partial charge in [0.2, 0.25) is 5.95 Å². The molecule has 5 nitrogen and oxygen atoms in total. The maximum Gasteiger partial charge on any atom is 0.461 e. The molecular formula is C22H14F4N3O2-. The molecule has 0 unspecified atom stereocenters. The minimum absolute atomic E-state index is 0.155. The molecule has 0 radical (unpaired) electrons. The number of benzene rings is 3. The Kier molecular flexibility index (Phi) is 5.43. The zero-order chi connectivity index (χ0) is 22.0. The molecule has 4 aromatic rings. The summed E-state index contributed by atoms with van der Waals surface area (Å²) in [7, 11) is 0. The summed E-state index contributed by atoms with van der Waals surface area (Å²) >= 11 is 0. The lowest BCUT2D eigenvalue weighted by Crippen LogP contribution is -2.33. The van der Waals surface area contributed by atoms with Crippen LogP contribution in [0.3, 0.4) is 0 Å².